The number of rotatable bonds is 6. The van der Waals surface area contributed by atoms with E-state index < -0.39 is 0 Å². The average Bonchev–Trinajstić information content (AvgIpc) is 3.24. The van der Waals surface area contributed by atoms with Crippen LogP contribution >= 0.6 is 22.9 Å². The molecule has 0 radical (unpaired) electrons. The zero-order chi connectivity index (χ0) is 17.8. The Bertz CT molecular complexity index is 858. The normalized spacial score (nSPS) is 12.1. The molecule has 0 aliphatic rings. The molecule has 0 bridgehead atoms. The molecule has 2 aromatic heterocycles. The van der Waals surface area contributed by atoms with Gasteiger partial charge in [-0.05, 0) is 30.2 Å². The van der Waals surface area contributed by atoms with Gasteiger partial charge < -0.3 is 11.1 Å². The number of hydrogen-bond donors (Lipinski definition) is 2. The molecule has 6 nitrogen and oxygen atoms in total. The van der Waals surface area contributed by atoms with E-state index in [0.29, 0.717) is 22.9 Å². The molecule has 0 aliphatic carbocycles. The van der Waals surface area contributed by atoms with Crippen molar-refractivity contribution in [2.24, 2.45) is 12.8 Å². The lowest BCUT2D eigenvalue weighted by atomic mass is 10.1. The molecule has 8 heteroatoms. The second-order valence-electron chi connectivity index (χ2n) is 5.68. The van der Waals surface area contributed by atoms with E-state index in [0.717, 1.165) is 16.8 Å². The van der Waals surface area contributed by atoms with Crippen LogP contribution < -0.4 is 11.1 Å². The van der Waals surface area contributed by atoms with Gasteiger partial charge in [0.1, 0.15) is 0 Å². The van der Waals surface area contributed by atoms with Crippen LogP contribution in [-0.2, 0) is 13.5 Å². The first kappa shape index (κ1) is 17.6. The number of thiophene rings is 1. The van der Waals surface area contributed by atoms with Crippen LogP contribution in [0.4, 0.5) is 0 Å². The number of aromatic nitrogens is 3. The minimum Gasteiger partial charge on any atom is -0.347 e. The topological polar surface area (TPSA) is 85.8 Å². The molecule has 3 rings (SSSR count). The quantitative estimate of drug-likeness (QED) is 0.693. The van der Waals surface area contributed by atoms with E-state index in [1.165, 1.54) is 11.3 Å². The van der Waals surface area contributed by atoms with Crippen LogP contribution in [0, 0.1) is 0 Å². The summed E-state index contributed by atoms with van der Waals surface area (Å²) < 4.78 is 1.67. The van der Waals surface area contributed by atoms with Crippen LogP contribution in [0.1, 0.15) is 15.2 Å². The van der Waals surface area contributed by atoms with E-state index in [9.17, 15) is 4.79 Å². The van der Waals surface area contributed by atoms with Crippen molar-refractivity contribution in [2.75, 3.05) is 6.54 Å². The van der Waals surface area contributed by atoms with Gasteiger partial charge in [0.2, 0.25) is 0 Å². The summed E-state index contributed by atoms with van der Waals surface area (Å²) in [6.07, 6.45) is 2.33. The Morgan fingerprint density at radius 1 is 1.40 bits per heavy atom. The summed E-state index contributed by atoms with van der Waals surface area (Å²) in [5, 5.41) is 13.4. The fraction of sp³-hybridized carbons (Fsp3) is 0.235. The van der Waals surface area contributed by atoms with Crippen LogP contribution in [0.25, 0.3) is 11.3 Å². The molecular weight excluding hydrogens is 358 g/mol. The highest BCUT2D eigenvalue weighted by atomic mass is 35.5. The second-order valence-corrected chi connectivity index (χ2v) is 7.03. The monoisotopic (exact) mass is 375 g/mol. The predicted octanol–water partition coefficient (Wildman–Crippen LogP) is 2.50. The standard InChI is InChI=1S/C17H18ClN5OS/c1-23-15(9-20-22-23)12-7-16(25-10-12)17(24)21-14(8-19)6-11-2-4-13(18)5-3-11/h2-5,7,9-10,14H,6,8,19H2,1H3,(H,21,24)/t14-/m0/s1. The Hall–Kier alpha value is -2.22. The third kappa shape index (κ3) is 4.25. The molecule has 3 N–H and O–H groups in total. The predicted molar refractivity (Wildman–Crippen MR) is 99.8 cm³/mol. The Morgan fingerprint density at radius 2 is 2.16 bits per heavy atom. The van der Waals surface area contributed by atoms with Crippen LogP contribution in [-0.4, -0.2) is 33.5 Å². The molecule has 3 aromatic rings. The largest absolute Gasteiger partial charge is 0.347 e. The van der Waals surface area contributed by atoms with Crippen molar-refractivity contribution < 1.29 is 4.79 Å². The number of aryl methyl sites for hydroxylation is 1. The summed E-state index contributed by atoms with van der Waals surface area (Å²) in [5.74, 6) is -0.129. The molecule has 1 aromatic carbocycles. The lowest BCUT2D eigenvalue weighted by molar-refractivity contribution is 0.0942. The summed E-state index contributed by atoms with van der Waals surface area (Å²) in [6, 6.07) is 9.25. The van der Waals surface area contributed by atoms with Gasteiger partial charge in [-0.15, -0.1) is 16.4 Å². The molecule has 0 saturated heterocycles. The van der Waals surface area contributed by atoms with Crippen LogP contribution in [0.15, 0.2) is 41.9 Å². The minimum atomic E-state index is -0.141. The highest BCUT2D eigenvalue weighted by molar-refractivity contribution is 7.12. The summed E-state index contributed by atoms with van der Waals surface area (Å²) in [6.45, 7) is 0.359. The third-order valence-corrected chi connectivity index (χ3v) is 5.03. The number of nitrogens with one attached hydrogen (secondary N) is 1. The van der Waals surface area contributed by atoms with Crippen molar-refractivity contribution in [3.05, 3.63) is 57.4 Å². The van der Waals surface area contributed by atoms with Gasteiger partial charge in [0.25, 0.3) is 5.91 Å². The lowest BCUT2D eigenvalue weighted by Crippen LogP contribution is -2.41. The summed E-state index contributed by atoms with van der Waals surface area (Å²) in [4.78, 5) is 13.1. The Morgan fingerprint density at radius 3 is 2.80 bits per heavy atom. The van der Waals surface area contributed by atoms with Gasteiger partial charge in [-0.3, -0.25) is 4.79 Å². The van der Waals surface area contributed by atoms with Crippen molar-refractivity contribution in [3.8, 4) is 11.3 Å². The number of hydrogen-bond acceptors (Lipinski definition) is 5. The molecule has 1 atom stereocenters. The fourth-order valence-electron chi connectivity index (χ4n) is 2.50. The molecule has 0 fully saturated rings. The Labute approximate surface area is 154 Å². The van der Waals surface area contributed by atoms with Gasteiger partial charge in [0.15, 0.2) is 0 Å². The second kappa shape index (κ2) is 7.77. The smallest absolute Gasteiger partial charge is 0.261 e. The third-order valence-electron chi connectivity index (χ3n) is 3.85. The van der Waals surface area contributed by atoms with Crippen molar-refractivity contribution in [1.82, 2.24) is 20.3 Å². The average molecular weight is 376 g/mol. The highest BCUT2D eigenvalue weighted by Gasteiger charge is 2.16. The zero-order valence-corrected chi connectivity index (χ0v) is 15.2. The zero-order valence-electron chi connectivity index (χ0n) is 13.6. The molecule has 2 heterocycles. The fourth-order valence-corrected chi connectivity index (χ4v) is 3.43. The number of benzene rings is 1. The molecule has 0 saturated carbocycles. The SMILES string of the molecule is Cn1nncc1-c1csc(C(=O)N[C@H](CN)Cc2ccc(Cl)cc2)c1. The Balaban J connectivity index is 1.67. The van der Waals surface area contributed by atoms with Crippen molar-refractivity contribution in [3.63, 3.8) is 0 Å². The van der Waals surface area contributed by atoms with Crippen LogP contribution in [0.2, 0.25) is 5.02 Å². The maximum atomic E-state index is 12.5. The maximum Gasteiger partial charge on any atom is 0.261 e. The van der Waals surface area contributed by atoms with Crippen molar-refractivity contribution >= 4 is 28.8 Å². The highest BCUT2D eigenvalue weighted by Crippen LogP contribution is 2.24. The molecular formula is C17H18ClN5OS. The number of halogens is 1. The van der Waals surface area contributed by atoms with Crippen molar-refractivity contribution in [1.29, 1.82) is 0 Å². The molecule has 1 amide bonds. The summed E-state index contributed by atoms with van der Waals surface area (Å²) in [7, 11) is 1.82. The lowest BCUT2D eigenvalue weighted by Gasteiger charge is -2.16. The van der Waals surface area contributed by atoms with Crippen LogP contribution in [0.3, 0.4) is 0 Å². The van der Waals surface area contributed by atoms with Gasteiger partial charge >= 0.3 is 0 Å². The van der Waals surface area contributed by atoms with E-state index in [1.807, 2.05) is 42.8 Å². The van der Waals surface area contributed by atoms with E-state index >= 15 is 0 Å². The van der Waals surface area contributed by atoms with E-state index in [4.69, 9.17) is 17.3 Å². The van der Waals surface area contributed by atoms with E-state index in [-0.39, 0.29) is 11.9 Å². The minimum absolute atomic E-state index is 0.129. The number of carbonyl (C=O) groups excluding carboxylic acids is 1. The Kier molecular flexibility index (Phi) is 5.47. The molecule has 0 spiro atoms. The van der Waals surface area contributed by atoms with Gasteiger partial charge in [0.05, 0.1) is 16.8 Å². The number of carbonyl (C=O) groups is 1. The van der Waals surface area contributed by atoms with Gasteiger partial charge in [-0.1, -0.05) is 28.9 Å². The number of nitrogens with two attached hydrogens (primary N) is 1. The van der Waals surface area contributed by atoms with E-state index in [2.05, 4.69) is 15.6 Å². The first-order valence-corrected chi connectivity index (χ1v) is 9.01. The van der Waals surface area contributed by atoms with Gasteiger partial charge in [-0.2, -0.15) is 0 Å². The van der Waals surface area contributed by atoms with Crippen molar-refractivity contribution in [2.45, 2.75) is 12.5 Å². The molecule has 0 unspecified atom stereocenters. The first-order valence-electron chi connectivity index (χ1n) is 7.75. The maximum absolute atomic E-state index is 12.5. The van der Waals surface area contributed by atoms with Crippen LogP contribution in [0.5, 0.6) is 0 Å². The first-order chi connectivity index (χ1) is 12.1. The summed E-state index contributed by atoms with van der Waals surface area (Å²) >= 11 is 7.28. The molecule has 25 heavy (non-hydrogen) atoms. The molecule has 0 aliphatic heterocycles. The number of nitrogens with zero attached hydrogens (tertiary/aromatic N) is 3. The van der Waals surface area contributed by atoms with Gasteiger partial charge in [0, 0.05) is 35.6 Å². The summed E-state index contributed by atoms with van der Waals surface area (Å²) in [5.41, 5.74) is 8.69. The van der Waals surface area contributed by atoms with E-state index in [1.54, 1.807) is 10.9 Å². The number of amides is 1. The van der Waals surface area contributed by atoms with Gasteiger partial charge in [-0.25, -0.2) is 4.68 Å². The molecule has 130 valence electrons.